The monoisotopic (exact) mass is 253 g/mol. The molecule has 1 aromatic rings. The Labute approximate surface area is 102 Å². The van der Waals surface area contributed by atoms with Gasteiger partial charge >= 0.3 is 11.9 Å². The first-order valence-corrected chi connectivity index (χ1v) is 4.99. The second-order valence-corrected chi connectivity index (χ2v) is 3.42. The number of ether oxygens (including phenoxy) is 2. The smallest absolute Gasteiger partial charge is 0.308 e. The molecule has 0 aliphatic heterocycles. The van der Waals surface area contributed by atoms with Gasteiger partial charge < -0.3 is 9.47 Å². The van der Waals surface area contributed by atoms with E-state index in [4.69, 9.17) is 9.47 Å². The van der Waals surface area contributed by atoms with E-state index in [1.807, 2.05) is 0 Å². The van der Waals surface area contributed by atoms with E-state index in [9.17, 15) is 19.7 Å². The molecule has 0 saturated heterocycles. The third-order valence-corrected chi connectivity index (χ3v) is 1.95. The molecular formula is C11H11NO6. The second-order valence-electron chi connectivity index (χ2n) is 3.42. The zero-order chi connectivity index (χ0) is 13.7. The molecule has 0 heterocycles. The van der Waals surface area contributed by atoms with Crippen molar-refractivity contribution in [2.24, 2.45) is 0 Å². The quantitative estimate of drug-likeness (QED) is 0.350. The van der Waals surface area contributed by atoms with Gasteiger partial charge in [-0.2, -0.15) is 0 Å². The van der Waals surface area contributed by atoms with Crippen LogP contribution in [0.5, 0.6) is 5.75 Å². The highest BCUT2D eigenvalue weighted by Gasteiger charge is 2.14. The molecule has 7 heteroatoms. The Morgan fingerprint density at radius 2 is 1.94 bits per heavy atom. The first-order valence-electron chi connectivity index (χ1n) is 4.99. The Morgan fingerprint density at radius 3 is 2.44 bits per heavy atom. The molecule has 1 aromatic carbocycles. The van der Waals surface area contributed by atoms with E-state index in [2.05, 4.69) is 0 Å². The fraction of sp³-hybridized carbons (Fsp3) is 0.273. The zero-order valence-electron chi connectivity index (χ0n) is 9.84. The lowest BCUT2D eigenvalue weighted by Crippen LogP contribution is -2.06. The van der Waals surface area contributed by atoms with Gasteiger partial charge in [0.25, 0.3) is 5.69 Å². The van der Waals surface area contributed by atoms with Crippen LogP contribution < -0.4 is 4.74 Å². The van der Waals surface area contributed by atoms with E-state index in [0.717, 1.165) is 6.07 Å². The Bertz CT molecular complexity index is 496. The van der Waals surface area contributed by atoms with Gasteiger partial charge in [0.1, 0.15) is 12.4 Å². The molecule has 96 valence electrons. The summed E-state index contributed by atoms with van der Waals surface area (Å²) in [4.78, 5) is 31.6. The number of esters is 2. The Hall–Kier alpha value is -2.44. The van der Waals surface area contributed by atoms with Crippen molar-refractivity contribution in [3.63, 3.8) is 0 Å². The van der Waals surface area contributed by atoms with E-state index < -0.39 is 16.9 Å². The molecule has 0 fully saturated rings. The molecule has 0 aliphatic rings. The van der Waals surface area contributed by atoms with Crippen LogP contribution in [0.3, 0.4) is 0 Å². The fourth-order valence-electron chi connectivity index (χ4n) is 1.21. The number of nitrogens with zero attached hydrogens (tertiary/aromatic N) is 1. The van der Waals surface area contributed by atoms with E-state index in [1.54, 1.807) is 0 Å². The molecule has 0 N–H and O–H groups in total. The number of hydrogen-bond donors (Lipinski definition) is 0. The predicted molar refractivity (Wildman–Crippen MR) is 59.9 cm³/mol. The average Bonchev–Trinajstić information content (AvgIpc) is 2.26. The lowest BCUT2D eigenvalue weighted by Gasteiger charge is -2.08. The molecular weight excluding hydrogens is 242 g/mol. The van der Waals surface area contributed by atoms with Crippen molar-refractivity contribution < 1.29 is 24.0 Å². The number of carbonyl (C=O) groups is 2. The molecule has 1 rings (SSSR count). The van der Waals surface area contributed by atoms with Crippen LogP contribution in [-0.2, 0) is 20.9 Å². The first-order chi connectivity index (χ1) is 8.40. The zero-order valence-corrected chi connectivity index (χ0v) is 9.84. The Morgan fingerprint density at radius 1 is 1.28 bits per heavy atom. The lowest BCUT2D eigenvalue weighted by atomic mass is 10.2. The van der Waals surface area contributed by atoms with Crippen molar-refractivity contribution in [1.82, 2.24) is 0 Å². The Balaban J connectivity index is 3.03. The highest BCUT2D eigenvalue weighted by molar-refractivity contribution is 5.70. The van der Waals surface area contributed by atoms with E-state index in [0.29, 0.717) is 5.56 Å². The van der Waals surface area contributed by atoms with Gasteiger partial charge in [-0.1, -0.05) is 0 Å². The normalized spacial score (nSPS) is 9.67. The summed E-state index contributed by atoms with van der Waals surface area (Å²) in [7, 11) is 0. The van der Waals surface area contributed by atoms with Gasteiger partial charge in [-0.25, -0.2) is 0 Å². The van der Waals surface area contributed by atoms with Crippen LogP contribution in [0.15, 0.2) is 18.2 Å². The van der Waals surface area contributed by atoms with Gasteiger partial charge in [-0.15, -0.1) is 0 Å². The standard InChI is InChI=1S/C11H11NO6/c1-7(13)17-6-9-3-4-10(12(15)16)5-11(9)18-8(2)14/h3-5H,6H2,1-2H3. The van der Waals surface area contributed by atoms with E-state index in [1.165, 1.54) is 26.0 Å². The van der Waals surface area contributed by atoms with Crippen LogP contribution in [0.2, 0.25) is 0 Å². The molecule has 0 atom stereocenters. The van der Waals surface area contributed by atoms with Gasteiger partial charge in [0.05, 0.1) is 11.0 Å². The van der Waals surface area contributed by atoms with Crippen LogP contribution in [-0.4, -0.2) is 16.9 Å². The lowest BCUT2D eigenvalue weighted by molar-refractivity contribution is -0.384. The van der Waals surface area contributed by atoms with Crippen LogP contribution >= 0.6 is 0 Å². The number of rotatable bonds is 4. The average molecular weight is 253 g/mol. The molecule has 0 bridgehead atoms. The third kappa shape index (κ3) is 3.85. The number of nitro benzene ring substituents is 1. The van der Waals surface area contributed by atoms with Crippen molar-refractivity contribution >= 4 is 17.6 Å². The SMILES string of the molecule is CC(=O)OCc1ccc([N+](=O)[O-])cc1OC(C)=O. The molecule has 0 amide bonds. The number of carbonyl (C=O) groups excluding carboxylic acids is 2. The molecule has 18 heavy (non-hydrogen) atoms. The van der Waals surface area contributed by atoms with Crippen molar-refractivity contribution in [2.75, 3.05) is 0 Å². The van der Waals surface area contributed by atoms with Crippen molar-refractivity contribution in [3.05, 3.63) is 33.9 Å². The molecule has 0 aromatic heterocycles. The topological polar surface area (TPSA) is 95.7 Å². The summed E-state index contributed by atoms with van der Waals surface area (Å²) in [6, 6.07) is 3.73. The minimum Gasteiger partial charge on any atom is -0.461 e. The molecule has 0 spiro atoms. The summed E-state index contributed by atoms with van der Waals surface area (Å²) in [5.41, 5.74) is 0.170. The van der Waals surface area contributed by atoms with Gasteiger partial charge in [-0.3, -0.25) is 19.7 Å². The van der Waals surface area contributed by atoms with Gasteiger partial charge in [0.2, 0.25) is 0 Å². The first kappa shape index (κ1) is 13.6. The highest BCUT2D eigenvalue weighted by Crippen LogP contribution is 2.25. The summed E-state index contributed by atoms with van der Waals surface area (Å²) < 4.78 is 9.58. The summed E-state index contributed by atoms with van der Waals surface area (Å²) in [5, 5.41) is 10.6. The van der Waals surface area contributed by atoms with E-state index >= 15 is 0 Å². The maximum absolute atomic E-state index is 10.9. The molecule has 0 radical (unpaired) electrons. The minimum atomic E-state index is -0.612. The van der Waals surface area contributed by atoms with Crippen LogP contribution in [0, 0.1) is 10.1 Å². The van der Waals surface area contributed by atoms with Crippen molar-refractivity contribution in [1.29, 1.82) is 0 Å². The maximum Gasteiger partial charge on any atom is 0.308 e. The van der Waals surface area contributed by atoms with E-state index in [-0.39, 0.29) is 18.0 Å². The number of benzene rings is 1. The van der Waals surface area contributed by atoms with Crippen molar-refractivity contribution in [2.45, 2.75) is 20.5 Å². The molecule has 0 aliphatic carbocycles. The van der Waals surface area contributed by atoms with Gasteiger partial charge in [-0.05, 0) is 6.07 Å². The largest absolute Gasteiger partial charge is 0.461 e. The molecule has 7 nitrogen and oxygen atoms in total. The number of non-ortho nitro benzene ring substituents is 1. The highest BCUT2D eigenvalue weighted by atomic mass is 16.6. The van der Waals surface area contributed by atoms with Crippen LogP contribution in [0.4, 0.5) is 5.69 Å². The summed E-state index contributed by atoms with van der Waals surface area (Å²) in [6.45, 7) is 2.29. The maximum atomic E-state index is 10.9. The van der Waals surface area contributed by atoms with Gasteiger partial charge in [0, 0.05) is 25.5 Å². The summed E-state index contributed by atoms with van der Waals surface area (Å²) in [5.74, 6) is -1.10. The second kappa shape index (κ2) is 5.76. The van der Waals surface area contributed by atoms with Crippen LogP contribution in [0.1, 0.15) is 19.4 Å². The Kier molecular flexibility index (Phi) is 4.36. The molecule has 0 unspecified atom stereocenters. The number of hydrogen-bond acceptors (Lipinski definition) is 6. The number of nitro groups is 1. The fourth-order valence-corrected chi connectivity index (χ4v) is 1.21. The van der Waals surface area contributed by atoms with Gasteiger partial charge in [0.15, 0.2) is 0 Å². The third-order valence-electron chi connectivity index (χ3n) is 1.95. The predicted octanol–water partition coefficient (Wildman–Crippen LogP) is 1.58. The summed E-state index contributed by atoms with van der Waals surface area (Å²) >= 11 is 0. The van der Waals surface area contributed by atoms with Crippen LogP contribution in [0.25, 0.3) is 0 Å². The minimum absolute atomic E-state index is 0.0120. The molecule has 0 saturated carbocycles. The van der Waals surface area contributed by atoms with Crippen molar-refractivity contribution in [3.8, 4) is 5.75 Å². The summed E-state index contributed by atoms with van der Waals surface area (Å²) in [6.07, 6.45) is 0.